The quantitative estimate of drug-likeness (QED) is 0.798. The molecule has 0 fully saturated rings. The fourth-order valence-corrected chi connectivity index (χ4v) is 1.65. The van der Waals surface area contributed by atoms with Crippen LogP contribution in [0.5, 0.6) is 0 Å². The van der Waals surface area contributed by atoms with Crippen LogP contribution in [0.25, 0.3) is 0 Å². The zero-order chi connectivity index (χ0) is 13.7. The summed E-state index contributed by atoms with van der Waals surface area (Å²) in [5, 5.41) is 19.9. The topological polar surface area (TPSA) is 88.0 Å². The van der Waals surface area contributed by atoms with E-state index in [0.717, 1.165) is 24.2 Å². The van der Waals surface area contributed by atoms with Crippen LogP contribution in [0.2, 0.25) is 0 Å². The summed E-state index contributed by atoms with van der Waals surface area (Å²) in [6, 6.07) is -0.705. The summed E-state index contributed by atoms with van der Waals surface area (Å²) in [7, 11) is 0. The number of nitrogens with one attached hydrogen (secondary N) is 1. The monoisotopic (exact) mass is 252 g/mol. The van der Waals surface area contributed by atoms with Crippen molar-refractivity contribution in [3.05, 3.63) is 11.4 Å². The molecule has 1 aromatic heterocycles. The maximum atomic E-state index is 11.1. The minimum absolute atomic E-state index is 0.0537. The van der Waals surface area contributed by atoms with E-state index in [4.69, 9.17) is 5.11 Å². The molecular weight excluding hydrogens is 232 g/mol. The fourth-order valence-electron chi connectivity index (χ4n) is 1.65. The van der Waals surface area contributed by atoms with Crippen LogP contribution in [0.3, 0.4) is 0 Å². The van der Waals surface area contributed by atoms with Crippen molar-refractivity contribution >= 4 is 11.9 Å². The Bertz CT molecular complexity index is 421. The van der Waals surface area contributed by atoms with Crippen LogP contribution in [0.1, 0.15) is 39.1 Å². The zero-order valence-corrected chi connectivity index (χ0v) is 11.3. The third kappa shape index (κ3) is 3.38. The highest BCUT2D eigenvalue weighted by molar-refractivity contribution is 5.76. The van der Waals surface area contributed by atoms with Gasteiger partial charge in [0.05, 0.1) is 11.4 Å². The summed E-state index contributed by atoms with van der Waals surface area (Å²) < 4.78 is 0. The third-order valence-corrected chi connectivity index (χ3v) is 2.73. The van der Waals surface area contributed by atoms with E-state index >= 15 is 0 Å². The Morgan fingerprint density at radius 1 is 1.22 bits per heavy atom. The van der Waals surface area contributed by atoms with E-state index in [-0.39, 0.29) is 11.9 Å². The first-order valence-corrected chi connectivity index (χ1v) is 6.21. The molecule has 0 radical (unpaired) electrons. The van der Waals surface area contributed by atoms with Gasteiger partial charge in [-0.25, -0.2) is 9.78 Å². The van der Waals surface area contributed by atoms with Gasteiger partial charge in [-0.3, -0.25) is 0 Å². The molecule has 2 N–H and O–H groups in total. The van der Waals surface area contributed by atoms with Crippen molar-refractivity contribution in [2.24, 2.45) is 5.92 Å². The molecule has 100 valence electrons. The highest BCUT2D eigenvalue weighted by Gasteiger charge is 2.22. The van der Waals surface area contributed by atoms with E-state index in [9.17, 15) is 4.79 Å². The molecule has 1 aromatic rings. The van der Waals surface area contributed by atoms with Crippen LogP contribution >= 0.6 is 0 Å². The van der Waals surface area contributed by atoms with Crippen molar-refractivity contribution in [1.29, 1.82) is 0 Å². The van der Waals surface area contributed by atoms with Gasteiger partial charge in [0.2, 0.25) is 5.95 Å². The second-order valence-corrected chi connectivity index (χ2v) is 4.44. The van der Waals surface area contributed by atoms with Gasteiger partial charge < -0.3 is 10.4 Å². The van der Waals surface area contributed by atoms with Crippen LogP contribution in [0.4, 0.5) is 5.95 Å². The lowest BCUT2D eigenvalue weighted by Crippen LogP contribution is -2.35. The molecule has 1 rings (SSSR count). The molecule has 0 aromatic carbocycles. The van der Waals surface area contributed by atoms with E-state index in [0.29, 0.717) is 0 Å². The molecule has 0 aliphatic heterocycles. The average Bonchev–Trinajstić information content (AvgIpc) is 2.34. The van der Waals surface area contributed by atoms with Crippen molar-refractivity contribution in [2.45, 2.75) is 46.6 Å². The van der Waals surface area contributed by atoms with E-state index in [1.807, 2.05) is 27.7 Å². The number of carboxylic acid groups (broad SMARTS) is 1. The molecule has 0 unspecified atom stereocenters. The maximum Gasteiger partial charge on any atom is 0.326 e. The van der Waals surface area contributed by atoms with Crippen LogP contribution in [-0.2, 0) is 17.6 Å². The molecule has 18 heavy (non-hydrogen) atoms. The molecule has 0 saturated carbocycles. The van der Waals surface area contributed by atoms with Crippen LogP contribution in [0, 0.1) is 5.92 Å². The van der Waals surface area contributed by atoms with E-state index in [1.54, 1.807) is 0 Å². The van der Waals surface area contributed by atoms with Crippen LogP contribution in [-0.4, -0.2) is 32.3 Å². The third-order valence-electron chi connectivity index (χ3n) is 2.73. The Labute approximate surface area is 107 Å². The van der Waals surface area contributed by atoms with Gasteiger partial charge in [0.1, 0.15) is 6.04 Å². The predicted molar refractivity (Wildman–Crippen MR) is 68.5 cm³/mol. The molecule has 1 heterocycles. The zero-order valence-electron chi connectivity index (χ0n) is 11.3. The lowest BCUT2D eigenvalue weighted by atomic mass is 10.1. The smallest absolute Gasteiger partial charge is 0.326 e. The van der Waals surface area contributed by atoms with Crippen molar-refractivity contribution in [3.63, 3.8) is 0 Å². The SMILES string of the molecule is CCc1nnc(N[C@H](C(=O)O)C(C)C)nc1CC. The van der Waals surface area contributed by atoms with Gasteiger partial charge >= 0.3 is 5.97 Å². The van der Waals surface area contributed by atoms with Gasteiger partial charge in [0.15, 0.2) is 0 Å². The number of anilines is 1. The number of hydrogen-bond donors (Lipinski definition) is 2. The van der Waals surface area contributed by atoms with Crippen molar-refractivity contribution in [1.82, 2.24) is 15.2 Å². The summed E-state index contributed by atoms with van der Waals surface area (Å²) in [4.78, 5) is 15.4. The molecule has 6 nitrogen and oxygen atoms in total. The van der Waals surface area contributed by atoms with E-state index < -0.39 is 12.0 Å². The molecular formula is C12H20N4O2. The molecule has 0 saturated heterocycles. The maximum absolute atomic E-state index is 11.1. The number of aryl methyl sites for hydroxylation is 2. The normalized spacial score (nSPS) is 12.5. The number of rotatable bonds is 6. The molecule has 6 heteroatoms. The summed E-state index contributed by atoms with van der Waals surface area (Å²) in [6.45, 7) is 7.65. The molecule has 0 aliphatic carbocycles. The molecule has 0 spiro atoms. The average molecular weight is 252 g/mol. The Balaban J connectivity index is 2.93. The van der Waals surface area contributed by atoms with Gasteiger partial charge in [-0.15, -0.1) is 5.10 Å². The molecule has 0 bridgehead atoms. The second kappa shape index (κ2) is 6.28. The minimum atomic E-state index is -0.911. The van der Waals surface area contributed by atoms with E-state index in [1.165, 1.54) is 0 Å². The number of carboxylic acids is 1. The van der Waals surface area contributed by atoms with Crippen molar-refractivity contribution < 1.29 is 9.90 Å². The number of aliphatic carboxylic acids is 1. The van der Waals surface area contributed by atoms with Crippen molar-refractivity contribution in [3.8, 4) is 0 Å². The Morgan fingerprint density at radius 3 is 2.28 bits per heavy atom. The van der Waals surface area contributed by atoms with Crippen molar-refractivity contribution in [2.75, 3.05) is 5.32 Å². The first-order valence-electron chi connectivity index (χ1n) is 6.21. The lowest BCUT2D eigenvalue weighted by molar-refractivity contribution is -0.138. The molecule has 1 atom stereocenters. The second-order valence-electron chi connectivity index (χ2n) is 4.44. The summed E-state index contributed by atoms with van der Waals surface area (Å²) in [5.74, 6) is -0.682. The summed E-state index contributed by atoms with van der Waals surface area (Å²) >= 11 is 0. The van der Waals surface area contributed by atoms with Crippen LogP contribution in [0.15, 0.2) is 0 Å². The number of nitrogens with zero attached hydrogens (tertiary/aromatic N) is 3. The first kappa shape index (κ1) is 14.3. The van der Waals surface area contributed by atoms with E-state index in [2.05, 4.69) is 20.5 Å². The predicted octanol–water partition coefficient (Wildman–Crippen LogP) is 1.52. The Hall–Kier alpha value is -1.72. The highest BCUT2D eigenvalue weighted by atomic mass is 16.4. The standard InChI is InChI=1S/C12H20N4O2/c1-5-8-9(6-2)15-16-12(13-8)14-10(7(3)4)11(17)18/h7,10H,5-6H2,1-4H3,(H,17,18)(H,13,14,16)/t10-/m0/s1. The largest absolute Gasteiger partial charge is 0.480 e. The highest BCUT2D eigenvalue weighted by Crippen LogP contribution is 2.11. The van der Waals surface area contributed by atoms with Gasteiger partial charge in [-0.05, 0) is 18.8 Å². The summed E-state index contributed by atoms with van der Waals surface area (Å²) in [5.41, 5.74) is 1.72. The molecule has 0 aliphatic rings. The number of aromatic nitrogens is 3. The Morgan fingerprint density at radius 2 is 1.83 bits per heavy atom. The number of hydrogen-bond acceptors (Lipinski definition) is 5. The van der Waals surface area contributed by atoms with Gasteiger partial charge in [-0.2, -0.15) is 5.10 Å². The van der Waals surface area contributed by atoms with Gasteiger partial charge in [-0.1, -0.05) is 27.7 Å². The fraction of sp³-hybridized carbons (Fsp3) is 0.667. The Kier molecular flexibility index (Phi) is 5.00. The first-order chi connectivity index (χ1) is 8.49. The minimum Gasteiger partial charge on any atom is -0.480 e. The van der Waals surface area contributed by atoms with Gasteiger partial charge in [0.25, 0.3) is 0 Å². The molecule has 0 amide bonds. The summed E-state index contributed by atoms with van der Waals surface area (Å²) in [6.07, 6.45) is 1.53. The van der Waals surface area contributed by atoms with Gasteiger partial charge in [0, 0.05) is 0 Å². The number of carbonyl (C=O) groups is 1. The lowest BCUT2D eigenvalue weighted by Gasteiger charge is -2.18. The van der Waals surface area contributed by atoms with Crippen LogP contribution < -0.4 is 5.32 Å².